The molecule has 1 aliphatic rings. The zero-order valence-corrected chi connectivity index (χ0v) is 19.3. The van der Waals surface area contributed by atoms with E-state index in [4.69, 9.17) is 0 Å². The van der Waals surface area contributed by atoms with Crippen LogP contribution in [0, 0.1) is 0 Å². The first-order valence-corrected chi connectivity index (χ1v) is 10.0. The van der Waals surface area contributed by atoms with Gasteiger partial charge in [-0.05, 0) is 31.4 Å². The molecular weight excluding hydrogens is 463 g/mol. The number of hydrogen-bond acceptors (Lipinski definition) is 3. The van der Waals surface area contributed by atoms with E-state index in [-0.39, 0.29) is 24.0 Å². The highest BCUT2D eigenvalue weighted by atomic mass is 127. The van der Waals surface area contributed by atoms with E-state index >= 15 is 0 Å². The number of aliphatic imine (C=N–C) groups is 1. The Labute approximate surface area is 185 Å². The fourth-order valence-corrected chi connectivity index (χ4v) is 3.55. The molecule has 2 heterocycles. The number of aromatic nitrogens is 2. The molecule has 1 fully saturated rings. The lowest BCUT2D eigenvalue weighted by Gasteiger charge is -2.32. The molecule has 0 atom stereocenters. The number of halogens is 1. The van der Waals surface area contributed by atoms with Gasteiger partial charge in [-0.25, -0.2) is 0 Å². The molecule has 1 aromatic carbocycles. The smallest absolute Gasteiger partial charge is 0.191 e. The fourth-order valence-electron chi connectivity index (χ4n) is 3.55. The van der Waals surface area contributed by atoms with E-state index in [1.165, 1.54) is 44.5 Å². The number of piperidine rings is 1. The quantitative estimate of drug-likeness (QED) is 0.352. The van der Waals surface area contributed by atoms with Gasteiger partial charge in [0.15, 0.2) is 5.96 Å². The Bertz CT molecular complexity index is 707. The van der Waals surface area contributed by atoms with Gasteiger partial charge in [-0.1, -0.05) is 37.3 Å². The largest absolute Gasteiger partial charge is 0.354 e. The van der Waals surface area contributed by atoms with Crippen LogP contribution in [0.4, 0.5) is 0 Å². The summed E-state index contributed by atoms with van der Waals surface area (Å²) in [6, 6.07) is 10.9. The average Bonchev–Trinajstić information content (AvgIpc) is 3.15. The maximum absolute atomic E-state index is 4.47. The van der Waals surface area contributed by atoms with Crippen molar-refractivity contribution in [2.45, 2.75) is 45.3 Å². The lowest BCUT2D eigenvalue weighted by Crippen LogP contribution is -2.48. The second kappa shape index (κ2) is 12.1. The molecule has 0 aliphatic carbocycles. The molecule has 6 nitrogen and oxygen atoms in total. The molecule has 3 rings (SSSR count). The van der Waals surface area contributed by atoms with Crippen LogP contribution in [0.3, 0.4) is 0 Å². The Morgan fingerprint density at radius 1 is 1.18 bits per heavy atom. The van der Waals surface area contributed by atoms with Gasteiger partial charge in [0.1, 0.15) is 0 Å². The summed E-state index contributed by atoms with van der Waals surface area (Å²) >= 11 is 0. The number of guanidine groups is 1. The normalized spacial score (nSPS) is 15.9. The summed E-state index contributed by atoms with van der Waals surface area (Å²) in [4.78, 5) is 6.93. The predicted molar refractivity (Wildman–Crippen MR) is 126 cm³/mol. The monoisotopic (exact) mass is 496 g/mol. The second-order valence-corrected chi connectivity index (χ2v) is 7.22. The summed E-state index contributed by atoms with van der Waals surface area (Å²) in [5, 5.41) is 11.5. The summed E-state index contributed by atoms with van der Waals surface area (Å²) < 4.78 is 1.98. The number of nitrogens with one attached hydrogen (secondary N) is 2. The lowest BCUT2D eigenvalue weighted by atomic mass is 10.1. The Morgan fingerprint density at radius 3 is 2.61 bits per heavy atom. The van der Waals surface area contributed by atoms with Gasteiger partial charge in [0.2, 0.25) is 0 Å². The van der Waals surface area contributed by atoms with Crippen LogP contribution in [-0.4, -0.2) is 53.4 Å². The average molecular weight is 496 g/mol. The third kappa shape index (κ3) is 7.09. The number of rotatable bonds is 7. The van der Waals surface area contributed by atoms with E-state index in [0.717, 1.165) is 24.6 Å². The van der Waals surface area contributed by atoms with Crippen molar-refractivity contribution in [1.29, 1.82) is 0 Å². The lowest BCUT2D eigenvalue weighted by molar-refractivity contribution is 0.206. The van der Waals surface area contributed by atoms with Gasteiger partial charge in [-0.3, -0.25) is 9.67 Å². The first kappa shape index (κ1) is 22.7. The topological polar surface area (TPSA) is 57.5 Å². The number of likely N-dealkylation sites (tertiary alicyclic amines) is 1. The first-order valence-electron chi connectivity index (χ1n) is 10.0. The van der Waals surface area contributed by atoms with Crippen molar-refractivity contribution in [3.63, 3.8) is 0 Å². The minimum atomic E-state index is 0. The third-order valence-corrected chi connectivity index (χ3v) is 5.03. The molecule has 0 spiro atoms. The maximum atomic E-state index is 4.47. The molecule has 0 amide bonds. The highest BCUT2D eigenvalue weighted by Crippen LogP contribution is 2.10. The molecule has 2 N–H and O–H groups in total. The zero-order chi connectivity index (χ0) is 18.9. The second-order valence-electron chi connectivity index (χ2n) is 7.22. The third-order valence-electron chi connectivity index (χ3n) is 5.03. The fraction of sp³-hybridized carbons (Fsp3) is 0.524. The molecule has 0 unspecified atom stereocenters. The molecule has 7 heteroatoms. The van der Waals surface area contributed by atoms with Crippen LogP contribution in [0.2, 0.25) is 0 Å². The van der Waals surface area contributed by atoms with E-state index in [1.54, 1.807) is 0 Å². The molecule has 2 aromatic rings. The van der Waals surface area contributed by atoms with Crippen LogP contribution in [0.15, 0.2) is 47.7 Å². The Balaban J connectivity index is 0.00000280. The minimum absolute atomic E-state index is 0. The van der Waals surface area contributed by atoms with Crippen LogP contribution in [-0.2, 0) is 13.1 Å². The van der Waals surface area contributed by atoms with E-state index < -0.39 is 0 Å². The summed E-state index contributed by atoms with van der Waals surface area (Å²) in [5.41, 5.74) is 2.42. The van der Waals surface area contributed by atoms with Crippen molar-refractivity contribution in [3.8, 4) is 0 Å². The van der Waals surface area contributed by atoms with E-state index in [9.17, 15) is 0 Å². The summed E-state index contributed by atoms with van der Waals surface area (Å²) in [6.07, 6.45) is 7.60. The summed E-state index contributed by atoms with van der Waals surface area (Å²) in [6.45, 7) is 7.33. The maximum Gasteiger partial charge on any atom is 0.191 e. The van der Waals surface area contributed by atoms with Crippen LogP contribution in [0.1, 0.15) is 37.3 Å². The van der Waals surface area contributed by atoms with Gasteiger partial charge in [0.25, 0.3) is 0 Å². The van der Waals surface area contributed by atoms with Gasteiger partial charge in [-0.15, -0.1) is 24.0 Å². The SMILES string of the molecule is CCCN1CCC(NC(=NC)NCc2cnn(Cc3ccccc3)c2)CC1.I. The molecular formula is C21H33IN6. The van der Waals surface area contributed by atoms with Crippen molar-refractivity contribution in [3.05, 3.63) is 53.9 Å². The molecule has 1 aliphatic heterocycles. The Hall–Kier alpha value is -1.61. The molecule has 0 bridgehead atoms. The standard InChI is InChI=1S/C21H32N6.HI/c1-3-11-26-12-9-20(10-13-26)25-21(22-2)23-14-19-15-24-27(17-19)16-18-7-5-4-6-8-18;/h4-8,15,17,20H,3,9-14,16H2,1-2H3,(H2,22,23,25);1H. The first-order chi connectivity index (χ1) is 13.3. The highest BCUT2D eigenvalue weighted by molar-refractivity contribution is 14.0. The predicted octanol–water partition coefficient (Wildman–Crippen LogP) is 3.09. The van der Waals surface area contributed by atoms with Gasteiger partial charge in [0, 0.05) is 44.5 Å². The highest BCUT2D eigenvalue weighted by Gasteiger charge is 2.19. The van der Waals surface area contributed by atoms with E-state index in [2.05, 4.69) is 63.0 Å². The van der Waals surface area contributed by atoms with E-state index in [0.29, 0.717) is 6.04 Å². The van der Waals surface area contributed by atoms with Crippen molar-refractivity contribution < 1.29 is 0 Å². The van der Waals surface area contributed by atoms with E-state index in [1.807, 2.05) is 24.0 Å². The van der Waals surface area contributed by atoms with Gasteiger partial charge < -0.3 is 15.5 Å². The number of hydrogen-bond donors (Lipinski definition) is 2. The van der Waals surface area contributed by atoms with Gasteiger partial charge >= 0.3 is 0 Å². The van der Waals surface area contributed by atoms with Crippen molar-refractivity contribution in [1.82, 2.24) is 25.3 Å². The van der Waals surface area contributed by atoms with Gasteiger partial charge in [-0.2, -0.15) is 5.10 Å². The molecule has 1 saturated heterocycles. The van der Waals surface area contributed by atoms with Crippen molar-refractivity contribution in [2.75, 3.05) is 26.7 Å². The molecule has 154 valence electrons. The number of benzene rings is 1. The van der Waals surface area contributed by atoms with Crippen molar-refractivity contribution in [2.24, 2.45) is 4.99 Å². The Morgan fingerprint density at radius 2 is 1.93 bits per heavy atom. The molecule has 1 aromatic heterocycles. The molecule has 0 radical (unpaired) electrons. The summed E-state index contributed by atoms with van der Waals surface area (Å²) in [7, 11) is 1.83. The molecule has 28 heavy (non-hydrogen) atoms. The van der Waals surface area contributed by atoms with Crippen LogP contribution in [0.25, 0.3) is 0 Å². The molecule has 0 saturated carbocycles. The summed E-state index contributed by atoms with van der Waals surface area (Å²) in [5.74, 6) is 0.875. The van der Waals surface area contributed by atoms with Crippen LogP contribution >= 0.6 is 24.0 Å². The Kier molecular flexibility index (Phi) is 9.77. The van der Waals surface area contributed by atoms with Crippen LogP contribution < -0.4 is 10.6 Å². The van der Waals surface area contributed by atoms with Crippen molar-refractivity contribution >= 4 is 29.9 Å². The van der Waals surface area contributed by atoms with Gasteiger partial charge in [0.05, 0.1) is 12.7 Å². The minimum Gasteiger partial charge on any atom is -0.354 e. The number of nitrogens with zero attached hydrogens (tertiary/aromatic N) is 4. The zero-order valence-electron chi connectivity index (χ0n) is 17.0. The van der Waals surface area contributed by atoms with Crippen LogP contribution in [0.5, 0.6) is 0 Å².